The number of hydrogen-bond donors (Lipinski definition) is 2. The third-order valence-electron chi connectivity index (χ3n) is 6.10. The van der Waals surface area contributed by atoms with E-state index < -0.39 is 15.9 Å². The molecule has 0 aliphatic carbocycles. The van der Waals surface area contributed by atoms with Gasteiger partial charge in [-0.3, -0.25) is 9.48 Å². The molecule has 5 rings (SSSR count). The first kappa shape index (κ1) is 25.9. The van der Waals surface area contributed by atoms with Crippen LogP contribution in [0, 0.1) is 20.8 Å². The molecule has 0 aliphatic heterocycles. The highest BCUT2D eigenvalue weighted by Gasteiger charge is 2.25. The molecule has 11 heteroatoms. The van der Waals surface area contributed by atoms with Crippen molar-refractivity contribution in [3.63, 3.8) is 0 Å². The van der Waals surface area contributed by atoms with Crippen molar-refractivity contribution in [3.8, 4) is 22.9 Å². The Hall–Kier alpha value is -4.77. The summed E-state index contributed by atoms with van der Waals surface area (Å²) >= 11 is 0. The Labute approximate surface area is 227 Å². The van der Waals surface area contributed by atoms with Crippen molar-refractivity contribution in [2.75, 3.05) is 5.73 Å². The molecule has 0 spiro atoms. The SMILES string of the molecule is Cc1cc(C)c(Oc2nc(-c3cccc4nn(C)cc34)ccc2C(=O)NS(=O)(=O)c2cccc(N)n2)c(C)c1.[HH]. The maximum atomic E-state index is 13.3. The monoisotopic (exact) mass is 544 g/mol. The number of carbonyl (C=O) groups excluding carboxylic acids is 1. The van der Waals surface area contributed by atoms with Crippen molar-refractivity contribution in [3.05, 3.63) is 89.1 Å². The number of pyridine rings is 2. The minimum absolute atomic E-state index is 0. The number of nitrogens with two attached hydrogens (primary N) is 1. The number of hydrogen-bond acceptors (Lipinski definition) is 8. The number of aryl methyl sites for hydroxylation is 4. The number of amides is 1. The van der Waals surface area contributed by atoms with Crippen molar-refractivity contribution < 1.29 is 19.4 Å². The molecule has 39 heavy (non-hydrogen) atoms. The van der Waals surface area contributed by atoms with E-state index in [1.165, 1.54) is 24.3 Å². The van der Waals surface area contributed by atoms with Crippen LogP contribution in [0.4, 0.5) is 5.82 Å². The number of nitrogen functional groups attached to an aromatic ring is 1. The lowest BCUT2D eigenvalue weighted by molar-refractivity contribution is 0.0978. The van der Waals surface area contributed by atoms with Crippen LogP contribution in [-0.4, -0.2) is 34.1 Å². The summed E-state index contributed by atoms with van der Waals surface area (Å²) in [6.07, 6.45) is 1.88. The average Bonchev–Trinajstić information content (AvgIpc) is 3.26. The maximum Gasteiger partial charge on any atom is 0.281 e. The second-order valence-electron chi connectivity index (χ2n) is 9.26. The Bertz CT molecular complexity index is 1850. The van der Waals surface area contributed by atoms with Gasteiger partial charge in [0.15, 0.2) is 5.03 Å². The number of aromatic nitrogens is 4. The van der Waals surface area contributed by atoms with E-state index in [-0.39, 0.29) is 23.7 Å². The summed E-state index contributed by atoms with van der Waals surface area (Å²) in [5.41, 5.74) is 10.4. The van der Waals surface area contributed by atoms with E-state index in [0.29, 0.717) is 11.4 Å². The van der Waals surface area contributed by atoms with Crippen LogP contribution >= 0.6 is 0 Å². The highest BCUT2D eigenvalue weighted by Crippen LogP contribution is 2.34. The fourth-order valence-electron chi connectivity index (χ4n) is 4.46. The van der Waals surface area contributed by atoms with Gasteiger partial charge in [-0.1, -0.05) is 35.9 Å². The van der Waals surface area contributed by atoms with E-state index in [1.807, 2.05) is 64.3 Å². The summed E-state index contributed by atoms with van der Waals surface area (Å²) in [5, 5.41) is 4.94. The molecule has 3 N–H and O–H groups in total. The Morgan fingerprint density at radius 1 is 1.00 bits per heavy atom. The van der Waals surface area contributed by atoms with Gasteiger partial charge in [0.1, 0.15) is 17.1 Å². The van der Waals surface area contributed by atoms with Gasteiger partial charge in [-0.15, -0.1) is 0 Å². The summed E-state index contributed by atoms with van der Waals surface area (Å²) in [5.74, 6) is -0.429. The van der Waals surface area contributed by atoms with E-state index in [1.54, 1.807) is 10.7 Å². The van der Waals surface area contributed by atoms with Crippen LogP contribution in [0.25, 0.3) is 22.2 Å². The van der Waals surface area contributed by atoms with Crippen molar-refractivity contribution in [2.24, 2.45) is 7.05 Å². The minimum Gasteiger partial charge on any atom is -0.438 e. The lowest BCUT2D eigenvalue weighted by Crippen LogP contribution is -2.31. The molecule has 0 unspecified atom stereocenters. The van der Waals surface area contributed by atoms with Crippen LogP contribution in [0.15, 0.2) is 71.9 Å². The van der Waals surface area contributed by atoms with Gasteiger partial charge in [0.25, 0.3) is 15.9 Å². The van der Waals surface area contributed by atoms with Gasteiger partial charge in [-0.05, 0) is 62.2 Å². The number of sulfonamides is 1. The van der Waals surface area contributed by atoms with Crippen LogP contribution in [0.1, 0.15) is 28.5 Å². The summed E-state index contributed by atoms with van der Waals surface area (Å²) < 4.78 is 35.8. The van der Waals surface area contributed by atoms with E-state index >= 15 is 0 Å². The molecule has 0 bridgehead atoms. The lowest BCUT2D eigenvalue weighted by Gasteiger charge is -2.16. The molecule has 2 aromatic carbocycles. The number of nitrogens with one attached hydrogen (secondary N) is 1. The van der Waals surface area contributed by atoms with Gasteiger partial charge < -0.3 is 10.5 Å². The molecular weight excluding hydrogens is 516 g/mol. The zero-order chi connectivity index (χ0) is 27.9. The van der Waals surface area contributed by atoms with E-state index in [2.05, 4.69) is 19.8 Å². The largest absolute Gasteiger partial charge is 0.438 e. The fourth-order valence-corrected chi connectivity index (χ4v) is 5.40. The number of fused-ring (bicyclic) bond motifs is 1. The number of carbonyl (C=O) groups is 1. The second kappa shape index (κ2) is 9.84. The lowest BCUT2D eigenvalue weighted by atomic mass is 10.1. The Morgan fingerprint density at radius 3 is 2.44 bits per heavy atom. The Balaban J connectivity index is 0.00000370. The van der Waals surface area contributed by atoms with Crippen LogP contribution in [0.2, 0.25) is 0 Å². The number of nitrogens with zero attached hydrogens (tertiary/aromatic N) is 4. The summed E-state index contributed by atoms with van der Waals surface area (Å²) in [7, 11) is -2.48. The number of benzene rings is 2. The molecule has 0 atom stereocenters. The van der Waals surface area contributed by atoms with Crippen LogP contribution < -0.4 is 15.2 Å². The highest BCUT2D eigenvalue weighted by molar-refractivity contribution is 7.90. The quantitative estimate of drug-likeness (QED) is 0.313. The molecule has 0 aliphatic rings. The van der Waals surface area contributed by atoms with E-state index in [0.717, 1.165) is 33.2 Å². The molecule has 0 fully saturated rings. The summed E-state index contributed by atoms with van der Waals surface area (Å²) in [6.45, 7) is 5.77. The zero-order valence-electron chi connectivity index (χ0n) is 21.8. The second-order valence-corrected chi connectivity index (χ2v) is 10.9. The first-order valence-corrected chi connectivity index (χ1v) is 13.5. The highest BCUT2D eigenvalue weighted by atomic mass is 32.2. The molecule has 1 amide bonds. The van der Waals surface area contributed by atoms with Gasteiger partial charge in [0.2, 0.25) is 5.88 Å². The molecule has 0 saturated carbocycles. The molecular formula is C28H28N6O4S. The third-order valence-corrected chi connectivity index (χ3v) is 7.33. The topological polar surface area (TPSA) is 142 Å². The van der Waals surface area contributed by atoms with Crippen molar-refractivity contribution in [1.29, 1.82) is 0 Å². The van der Waals surface area contributed by atoms with Gasteiger partial charge in [0.05, 0.1) is 11.2 Å². The third kappa shape index (κ3) is 5.16. The maximum absolute atomic E-state index is 13.3. The molecule has 10 nitrogen and oxygen atoms in total. The Kier molecular flexibility index (Phi) is 6.52. The first-order chi connectivity index (χ1) is 18.5. The van der Waals surface area contributed by atoms with Gasteiger partial charge >= 0.3 is 0 Å². The van der Waals surface area contributed by atoms with Gasteiger partial charge in [-0.2, -0.15) is 13.5 Å². The molecule has 0 radical (unpaired) electrons. The normalized spacial score (nSPS) is 11.5. The predicted octanol–water partition coefficient (Wildman–Crippen LogP) is 4.69. The smallest absolute Gasteiger partial charge is 0.281 e. The van der Waals surface area contributed by atoms with E-state index in [9.17, 15) is 13.2 Å². The number of ether oxygens (including phenoxy) is 1. The predicted molar refractivity (Wildman–Crippen MR) is 150 cm³/mol. The summed E-state index contributed by atoms with van der Waals surface area (Å²) in [6, 6.07) is 16.8. The fraction of sp³-hybridized carbons (Fsp3) is 0.143. The van der Waals surface area contributed by atoms with Crippen molar-refractivity contribution in [1.82, 2.24) is 24.5 Å². The molecule has 200 valence electrons. The van der Waals surface area contributed by atoms with Crippen molar-refractivity contribution >= 4 is 32.7 Å². The number of anilines is 1. The summed E-state index contributed by atoms with van der Waals surface area (Å²) in [4.78, 5) is 21.8. The van der Waals surface area contributed by atoms with Crippen LogP contribution in [-0.2, 0) is 17.1 Å². The molecule has 0 saturated heterocycles. The molecule has 3 heterocycles. The van der Waals surface area contributed by atoms with Gasteiger partial charge in [-0.25, -0.2) is 14.7 Å². The molecule has 5 aromatic rings. The molecule has 3 aromatic heterocycles. The van der Waals surface area contributed by atoms with Crippen molar-refractivity contribution in [2.45, 2.75) is 25.8 Å². The first-order valence-electron chi connectivity index (χ1n) is 12.0. The average molecular weight is 545 g/mol. The van der Waals surface area contributed by atoms with Crippen LogP contribution in [0.3, 0.4) is 0 Å². The van der Waals surface area contributed by atoms with E-state index in [4.69, 9.17) is 10.5 Å². The van der Waals surface area contributed by atoms with Gasteiger partial charge in [0, 0.05) is 25.6 Å². The van der Waals surface area contributed by atoms with Crippen LogP contribution in [0.5, 0.6) is 11.6 Å². The standard InChI is InChI=1S/C28H26N6O4S.H2/c1-16-13-17(2)26(18(3)14-16)38-28-20(27(35)33-39(36,37)25-10-6-9-24(29)31-25)11-12-22(30-28)19-7-5-8-23-21(19)15-34(4)32-23;/h5-15H,1-4H3,(H2,29,31)(H,33,35);1H. The minimum atomic E-state index is -4.32. The zero-order valence-corrected chi connectivity index (χ0v) is 22.6. The Morgan fingerprint density at radius 2 is 1.72 bits per heavy atom. The number of rotatable bonds is 6.